The first kappa shape index (κ1) is 22.1. The van der Waals surface area contributed by atoms with Crippen molar-refractivity contribution in [1.29, 1.82) is 0 Å². The highest BCUT2D eigenvalue weighted by molar-refractivity contribution is 9.10. The zero-order chi connectivity index (χ0) is 22.3. The van der Waals surface area contributed by atoms with Crippen molar-refractivity contribution in [3.63, 3.8) is 0 Å². The van der Waals surface area contributed by atoms with Crippen LogP contribution in [-0.4, -0.2) is 26.0 Å². The Labute approximate surface area is 183 Å². The molecule has 0 aliphatic carbocycles. The van der Waals surface area contributed by atoms with Crippen LogP contribution in [0.25, 0.3) is 16.9 Å². The Morgan fingerprint density at radius 1 is 1.33 bits per heavy atom. The first-order valence-electron chi connectivity index (χ1n) is 8.72. The summed E-state index contributed by atoms with van der Waals surface area (Å²) < 4.78 is 42.5. The summed E-state index contributed by atoms with van der Waals surface area (Å²) in [7, 11) is 0. The molecule has 156 valence electrons. The minimum absolute atomic E-state index is 0.0399. The van der Waals surface area contributed by atoms with Gasteiger partial charge in [0.1, 0.15) is 5.02 Å². The van der Waals surface area contributed by atoms with Gasteiger partial charge in [-0.2, -0.15) is 18.3 Å². The van der Waals surface area contributed by atoms with Gasteiger partial charge in [0.25, 0.3) is 5.91 Å². The number of carbonyl (C=O) groups excluding carboxylic acids is 1. The summed E-state index contributed by atoms with van der Waals surface area (Å²) in [6.07, 6.45) is 1.09. The average molecular weight is 500 g/mol. The summed E-state index contributed by atoms with van der Waals surface area (Å²) in [5.41, 5.74) is -2.30. The second-order valence-corrected chi connectivity index (χ2v) is 8.01. The summed E-state index contributed by atoms with van der Waals surface area (Å²) >= 11 is 9.52. The molecule has 0 aliphatic rings. The topological polar surface area (TPSA) is 59.3 Å². The van der Waals surface area contributed by atoms with E-state index in [0.29, 0.717) is 16.5 Å². The van der Waals surface area contributed by atoms with Crippen LogP contribution in [0.2, 0.25) is 5.02 Å². The zero-order valence-electron chi connectivity index (χ0n) is 15.8. The molecule has 0 spiro atoms. The Hall–Kier alpha value is -2.57. The summed E-state index contributed by atoms with van der Waals surface area (Å²) in [6.45, 7) is 3.37. The third-order valence-corrected chi connectivity index (χ3v) is 5.47. The Morgan fingerprint density at radius 2 is 1.97 bits per heavy atom. The van der Waals surface area contributed by atoms with Gasteiger partial charge in [-0.05, 0) is 31.5 Å². The molecule has 10 heteroatoms. The zero-order valence-corrected chi connectivity index (χ0v) is 18.2. The number of terminal acetylenes is 1. The van der Waals surface area contributed by atoms with E-state index in [1.807, 2.05) is 0 Å². The van der Waals surface area contributed by atoms with Crippen molar-refractivity contribution in [2.45, 2.75) is 32.0 Å². The number of halogens is 5. The third kappa shape index (κ3) is 4.16. The van der Waals surface area contributed by atoms with E-state index in [0.717, 1.165) is 10.5 Å². The number of hydrogen-bond donors (Lipinski definition) is 1. The highest BCUT2D eigenvalue weighted by atomic mass is 79.9. The number of carbonyl (C=O) groups is 1. The van der Waals surface area contributed by atoms with Gasteiger partial charge in [0.2, 0.25) is 0 Å². The van der Waals surface area contributed by atoms with Gasteiger partial charge in [-0.1, -0.05) is 52.5 Å². The van der Waals surface area contributed by atoms with Crippen LogP contribution in [0.5, 0.6) is 0 Å². The Kier molecular flexibility index (Phi) is 5.85. The Bertz CT molecular complexity index is 1170. The van der Waals surface area contributed by atoms with Gasteiger partial charge in [0.05, 0.1) is 11.2 Å². The second-order valence-electron chi connectivity index (χ2n) is 6.71. The number of alkyl halides is 3. The molecule has 30 heavy (non-hydrogen) atoms. The number of nitrogens with zero attached hydrogens (tertiary/aromatic N) is 3. The van der Waals surface area contributed by atoms with Crippen molar-refractivity contribution in [2.24, 2.45) is 0 Å². The molecule has 1 atom stereocenters. The van der Waals surface area contributed by atoms with Crippen LogP contribution in [0, 0.1) is 12.3 Å². The summed E-state index contributed by atoms with van der Waals surface area (Å²) in [5.74, 6) is 1.66. The molecule has 2 aromatic heterocycles. The molecule has 2 heterocycles. The number of amides is 1. The molecule has 0 fully saturated rings. The van der Waals surface area contributed by atoms with Gasteiger partial charge < -0.3 is 5.32 Å². The molecule has 0 aliphatic heterocycles. The van der Waals surface area contributed by atoms with Crippen molar-refractivity contribution >= 4 is 39.1 Å². The van der Waals surface area contributed by atoms with Crippen molar-refractivity contribution in [2.75, 3.05) is 0 Å². The van der Waals surface area contributed by atoms with Crippen LogP contribution in [0.3, 0.4) is 0 Å². The van der Waals surface area contributed by atoms with E-state index in [1.165, 1.54) is 0 Å². The SMILES string of the molecule is C#C[C@@](C)(CC)NC(=O)c1nn2c(C(F)(F)F)cc(-c3ccc(Br)cc3)nc2c1Cl. The molecule has 1 N–H and O–H groups in total. The molecule has 1 amide bonds. The van der Waals surface area contributed by atoms with Gasteiger partial charge in [0.15, 0.2) is 17.0 Å². The first-order chi connectivity index (χ1) is 14.0. The molecule has 1 aromatic carbocycles. The fraction of sp³-hybridized carbons (Fsp3) is 0.250. The fourth-order valence-corrected chi connectivity index (χ4v) is 3.15. The van der Waals surface area contributed by atoms with E-state index in [9.17, 15) is 18.0 Å². The van der Waals surface area contributed by atoms with Crippen molar-refractivity contribution in [3.8, 4) is 23.6 Å². The van der Waals surface area contributed by atoms with Gasteiger partial charge in [-0.3, -0.25) is 4.79 Å². The number of aromatic nitrogens is 3. The van der Waals surface area contributed by atoms with Crippen molar-refractivity contribution in [1.82, 2.24) is 19.9 Å². The molecule has 5 nitrogen and oxygen atoms in total. The van der Waals surface area contributed by atoms with Crippen LogP contribution >= 0.6 is 27.5 Å². The second kappa shape index (κ2) is 7.93. The maximum atomic E-state index is 13.7. The van der Waals surface area contributed by atoms with Crippen LogP contribution < -0.4 is 5.32 Å². The van der Waals surface area contributed by atoms with E-state index < -0.39 is 29.0 Å². The standard InChI is InChI=1S/C20H15BrClF3N4O/c1-4-19(3,5-2)27-18(30)16-15(22)17-26-13(11-6-8-12(21)9-7-11)10-14(20(23,24)25)29(17)28-16/h1,6-10H,5H2,2-3H3,(H,27,30)/t19-/m0/s1. The maximum Gasteiger partial charge on any atom is 0.433 e. The number of benzene rings is 1. The van der Waals surface area contributed by atoms with Crippen molar-refractivity contribution in [3.05, 3.63) is 51.2 Å². The maximum absolute atomic E-state index is 13.7. The third-order valence-electron chi connectivity index (χ3n) is 4.59. The quantitative estimate of drug-likeness (QED) is 0.492. The van der Waals surface area contributed by atoms with Crippen LogP contribution in [-0.2, 0) is 6.18 Å². The number of fused-ring (bicyclic) bond motifs is 1. The Balaban J connectivity index is 2.20. The van der Waals surface area contributed by atoms with E-state index >= 15 is 0 Å². The molecule has 0 radical (unpaired) electrons. The molecular weight excluding hydrogens is 485 g/mol. The molecule has 0 saturated heterocycles. The van der Waals surface area contributed by atoms with E-state index in [1.54, 1.807) is 38.1 Å². The normalized spacial score (nSPS) is 13.7. The van der Waals surface area contributed by atoms with Crippen LogP contribution in [0.1, 0.15) is 36.5 Å². The molecule has 3 aromatic rings. The molecule has 0 unspecified atom stereocenters. The molecule has 3 rings (SSSR count). The minimum Gasteiger partial charge on any atom is -0.335 e. The highest BCUT2D eigenvalue weighted by Crippen LogP contribution is 2.34. The lowest BCUT2D eigenvalue weighted by Gasteiger charge is -2.22. The smallest absolute Gasteiger partial charge is 0.335 e. The fourth-order valence-electron chi connectivity index (χ4n) is 2.64. The average Bonchev–Trinajstić information content (AvgIpc) is 3.03. The molecular formula is C20H15BrClF3N4O. The predicted octanol–water partition coefficient (Wildman–Crippen LogP) is 5.36. The van der Waals surface area contributed by atoms with Gasteiger partial charge >= 0.3 is 6.18 Å². The van der Waals surface area contributed by atoms with Gasteiger partial charge in [-0.15, -0.1) is 6.42 Å². The van der Waals surface area contributed by atoms with E-state index in [-0.39, 0.29) is 16.4 Å². The van der Waals surface area contributed by atoms with Crippen LogP contribution in [0.15, 0.2) is 34.8 Å². The number of rotatable bonds is 4. The monoisotopic (exact) mass is 498 g/mol. The lowest BCUT2D eigenvalue weighted by molar-refractivity contribution is -0.142. The van der Waals surface area contributed by atoms with Gasteiger partial charge in [-0.25, -0.2) is 9.50 Å². The van der Waals surface area contributed by atoms with E-state index in [2.05, 4.69) is 37.2 Å². The minimum atomic E-state index is -4.76. The number of hydrogen-bond acceptors (Lipinski definition) is 3. The largest absolute Gasteiger partial charge is 0.433 e. The van der Waals surface area contributed by atoms with Gasteiger partial charge in [0, 0.05) is 10.0 Å². The van der Waals surface area contributed by atoms with Crippen molar-refractivity contribution < 1.29 is 18.0 Å². The summed E-state index contributed by atoms with van der Waals surface area (Å²) in [6, 6.07) is 7.44. The van der Waals surface area contributed by atoms with E-state index in [4.69, 9.17) is 18.0 Å². The lowest BCUT2D eigenvalue weighted by Crippen LogP contribution is -2.44. The first-order valence-corrected chi connectivity index (χ1v) is 9.89. The lowest BCUT2D eigenvalue weighted by atomic mass is 10.0. The predicted molar refractivity (Wildman–Crippen MR) is 111 cm³/mol. The summed E-state index contributed by atoms with van der Waals surface area (Å²) in [4.78, 5) is 16.9. The summed E-state index contributed by atoms with van der Waals surface area (Å²) in [5, 5.41) is 6.07. The number of nitrogens with one attached hydrogen (secondary N) is 1. The molecule has 0 bridgehead atoms. The van der Waals surface area contributed by atoms with Crippen LogP contribution in [0.4, 0.5) is 13.2 Å². The molecule has 0 saturated carbocycles. The Morgan fingerprint density at radius 3 is 2.50 bits per heavy atom. The highest BCUT2D eigenvalue weighted by Gasteiger charge is 2.37.